The van der Waals surface area contributed by atoms with Gasteiger partial charge in [-0.3, -0.25) is 0 Å². The predicted molar refractivity (Wildman–Crippen MR) is 119 cm³/mol. The van der Waals surface area contributed by atoms with Crippen LogP contribution in [0.25, 0.3) is 17.0 Å². The molecule has 0 saturated heterocycles. The first kappa shape index (κ1) is 23.3. The van der Waals surface area contributed by atoms with Crippen LogP contribution in [0.5, 0.6) is 17.2 Å². The number of allylic oxidation sites excluding steroid dienone is 1. The number of carbonyl (C=O) groups is 1. The molecule has 0 aliphatic carbocycles. The van der Waals surface area contributed by atoms with Gasteiger partial charge < -0.3 is 24.1 Å². The zero-order valence-corrected chi connectivity index (χ0v) is 17.5. The van der Waals surface area contributed by atoms with Crippen molar-refractivity contribution >= 4 is 23.0 Å². The minimum atomic E-state index is -0.967. The number of carboxylic acid groups (broad SMARTS) is 1. The zero-order valence-electron chi connectivity index (χ0n) is 17.5. The molecule has 3 rings (SSSR count). The van der Waals surface area contributed by atoms with Crippen molar-refractivity contribution in [2.75, 3.05) is 13.7 Å². The topological polar surface area (TPSA) is 106 Å². The summed E-state index contributed by atoms with van der Waals surface area (Å²) >= 11 is 0. The monoisotopic (exact) mass is 424 g/mol. The van der Waals surface area contributed by atoms with E-state index in [4.69, 9.17) is 19.0 Å². The summed E-state index contributed by atoms with van der Waals surface area (Å²) in [7, 11) is 1.55. The molecule has 3 aromatic rings. The van der Waals surface area contributed by atoms with Crippen LogP contribution in [0.2, 0.25) is 0 Å². The van der Waals surface area contributed by atoms with Crippen LogP contribution in [0.3, 0.4) is 0 Å². The maximum Gasteiger partial charge on any atom is 0.336 e. The van der Waals surface area contributed by atoms with E-state index < -0.39 is 11.6 Å². The fourth-order valence-corrected chi connectivity index (χ4v) is 2.46. The molecule has 2 N–H and O–H groups in total. The first-order valence-corrected chi connectivity index (χ1v) is 9.37. The highest BCUT2D eigenvalue weighted by molar-refractivity contribution is 5.85. The normalized spacial score (nSPS) is 10.3. The molecule has 7 nitrogen and oxygen atoms in total. The van der Waals surface area contributed by atoms with Crippen molar-refractivity contribution in [3.8, 4) is 17.2 Å². The van der Waals surface area contributed by atoms with Gasteiger partial charge in [0.15, 0.2) is 11.5 Å². The second kappa shape index (κ2) is 11.3. The van der Waals surface area contributed by atoms with E-state index in [-0.39, 0.29) is 5.75 Å². The van der Waals surface area contributed by atoms with Gasteiger partial charge in [-0.05, 0) is 44.2 Å². The summed E-state index contributed by atoms with van der Waals surface area (Å²) in [6.07, 6.45) is 4.48. The van der Waals surface area contributed by atoms with Gasteiger partial charge in [0.2, 0.25) is 0 Å². The first-order valence-electron chi connectivity index (χ1n) is 9.37. The fourth-order valence-electron chi connectivity index (χ4n) is 2.46. The highest BCUT2D eigenvalue weighted by Gasteiger charge is 2.06. The summed E-state index contributed by atoms with van der Waals surface area (Å²) < 4.78 is 15.5. The number of para-hydroxylation sites is 1. The van der Waals surface area contributed by atoms with Crippen LogP contribution in [-0.4, -0.2) is 29.9 Å². The summed E-state index contributed by atoms with van der Waals surface area (Å²) in [5.41, 5.74) is 1.85. The van der Waals surface area contributed by atoms with Crippen molar-refractivity contribution in [2.24, 2.45) is 0 Å². The van der Waals surface area contributed by atoms with Gasteiger partial charge in [-0.15, -0.1) is 0 Å². The average Bonchev–Trinajstić information content (AvgIpc) is 2.73. The minimum absolute atomic E-state index is 0.0264. The smallest absolute Gasteiger partial charge is 0.336 e. The van der Waals surface area contributed by atoms with Crippen molar-refractivity contribution in [1.29, 1.82) is 0 Å². The van der Waals surface area contributed by atoms with Crippen LogP contribution in [0.4, 0.5) is 0 Å². The van der Waals surface area contributed by atoms with E-state index in [1.165, 1.54) is 24.3 Å². The Morgan fingerprint density at radius 3 is 2.52 bits per heavy atom. The number of phenols is 1. The van der Waals surface area contributed by atoms with E-state index in [0.29, 0.717) is 29.1 Å². The molecule has 0 aliphatic heterocycles. The number of methoxy groups -OCH3 is 1. The third-order valence-corrected chi connectivity index (χ3v) is 3.98. The van der Waals surface area contributed by atoms with Gasteiger partial charge in [-0.25, -0.2) is 9.59 Å². The number of phenolic OH excluding ortho intramolecular Hbond substituents is 1. The molecule has 1 heterocycles. The Balaban J connectivity index is 0.000000233. The lowest BCUT2D eigenvalue weighted by atomic mass is 10.2. The Labute approximate surface area is 179 Å². The van der Waals surface area contributed by atoms with Gasteiger partial charge in [0, 0.05) is 29.2 Å². The lowest BCUT2D eigenvalue weighted by molar-refractivity contribution is -0.131. The maximum absolute atomic E-state index is 11.1. The number of aromatic hydroxyl groups is 1. The molecule has 0 spiro atoms. The number of fused-ring (bicyclic) bond motifs is 1. The molecule has 0 saturated carbocycles. The number of hydrogen-bond acceptors (Lipinski definition) is 6. The Bertz CT molecular complexity index is 1150. The number of ether oxygens (including phenoxy) is 2. The van der Waals surface area contributed by atoms with E-state index in [2.05, 4.69) is 0 Å². The molecule has 162 valence electrons. The van der Waals surface area contributed by atoms with Gasteiger partial charge in [0.1, 0.15) is 17.9 Å². The molecule has 0 radical (unpaired) electrons. The quantitative estimate of drug-likeness (QED) is 0.337. The summed E-state index contributed by atoms with van der Waals surface area (Å²) in [6.45, 7) is 4.28. The Morgan fingerprint density at radius 1 is 1.10 bits per heavy atom. The lowest BCUT2D eigenvalue weighted by Gasteiger charge is -2.07. The van der Waals surface area contributed by atoms with Crippen LogP contribution < -0.4 is 15.1 Å². The number of benzene rings is 2. The predicted octanol–water partition coefficient (Wildman–Crippen LogP) is 4.64. The molecule has 31 heavy (non-hydrogen) atoms. The maximum atomic E-state index is 11.1. The number of rotatable bonds is 6. The van der Waals surface area contributed by atoms with E-state index >= 15 is 0 Å². The van der Waals surface area contributed by atoms with Gasteiger partial charge in [-0.1, -0.05) is 23.8 Å². The molecule has 2 aromatic carbocycles. The van der Waals surface area contributed by atoms with Crippen LogP contribution in [-0.2, 0) is 4.79 Å². The van der Waals surface area contributed by atoms with Gasteiger partial charge in [-0.2, -0.15) is 0 Å². The molecule has 0 bridgehead atoms. The zero-order chi connectivity index (χ0) is 22.8. The molecular formula is C24H24O7. The van der Waals surface area contributed by atoms with Crippen LogP contribution >= 0.6 is 0 Å². The van der Waals surface area contributed by atoms with E-state index in [1.807, 2.05) is 32.1 Å². The molecule has 0 amide bonds. The first-order chi connectivity index (χ1) is 14.8. The van der Waals surface area contributed by atoms with Gasteiger partial charge >= 0.3 is 11.6 Å². The summed E-state index contributed by atoms with van der Waals surface area (Å²) in [5, 5.41) is 18.8. The Kier molecular flexibility index (Phi) is 8.45. The molecule has 0 fully saturated rings. The summed E-state index contributed by atoms with van der Waals surface area (Å²) in [6, 6.07) is 13.2. The third kappa shape index (κ3) is 7.40. The molecule has 1 aromatic heterocycles. The van der Waals surface area contributed by atoms with Crippen LogP contribution in [0.15, 0.2) is 75.5 Å². The van der Waals surface area contributed by atoms with Crippen molar-refractivity contribution in [3.63, 3.8) is 0 Å². The second-order valence-corrected chi connectivity index (χ2v) is 6.62. The lowest BCUT2D eigenvalue weighted by Crippen LogP contribution is -1.97. The van der Waals surface area contributed by atoms with Crippen LogP contribution in [0, 0.1) is 0 Å². The molecule has 0 atom stereocenters. The fraction of sp³-hybridized carbons (Fsp3) is 0.167. The SMILES string of the molecule is CC(C)=CCOc1cc2oc(=O)ccc2cc1O.COc1ccccc1C=CC(=O)O. The van der Waals surface area contributed by atoms with E-state index in [9.17, 15) is 14.7 Å². The third-order valence-electron chi connectivity index (χ3n) is 3.98. The minimum Gasteiger partial charge on any atom is -0.504 e. The number of aliphatic carboxylic acids is 1. The second-order valence-electron chi connectivity index (χ2n) is 6.62. The Hall–Kier alpha value is -4.00. The highest BCUT2D eigenvalue weighted by atomic mass is 16.5. The van der Waals surface area contributed by atoms with Crippen molar-refractivity contribution < 1.29 is 28.9 Å². The standard InChI is InChI=1S/C14H14O4.C10H10O3/c1-9(2)5-6-17-13-8-12-10(7-11(13)15)3-4-14(16)18-12;1-13-9-5-3-2-4-8(9)6-7-10(11)12/h3-5,7-8,15H,6H2,1-2H3;2-7H,1H3,(H,11,12). The van der Waals surface area contributed by atoms with Crippen molar-refractivity contribution in [1.82, 2.24) is 0 Å². The number of hydrogen-bond donors (Lipinski definition) is 2. The molecular weight excluding hydrogens is 400 g/mol. The van der Waals surface area contributed by atoms with E-state index in [1.54, 1.807) is 25.3 Å². The average molecular weight is 424 g/mol. The largest absolute Gasteiger partial charge is 0.504 e. The van der Waals surface area contributed by atoms with Gasteiger partial charge in [0.25, 0.3) is 0 Å². The van der Waals surface area contributed by atoms with Crippen LogP contribution in [0.1, 0.15) is 19.4 Å². The van der Waals surface area contributed by atoms with Crippen molar-refractivity contribution in [3.05, 3.63) is 82.2 Å². The molecule has 7 heteroatoms. The van der Waals surface area contributed by atoms with Gasteiger partial charge in [0.05, 0.1) is 7.11 Å². The summed E-state index contributed by atoms with van der Waals surface area (Å²) in [4.78, 5) is 21.3. The summed E-state index contributed by atoms with van der Waals surface area (Å²) in [5.74, 6) is 0.0266. The molecule has 0 unspecified atom stereocenters. The van der Waals surface area contributed by atoms with Crippen molar-refractivity contribution in [2.45, 2.75) is 13.8 Å². The van der Waals surface area contributed by atoms with E-state index in [0.717, 1.165) is 17.2 Å². The molecule has 0 aliphatic rings. The number of carboxylic acids is 1. The highest BCUT2D eigenvalue weighted by Crippen LogP contribution is 2.30. The Morgan fingerprint density at radius 2 is 1.84 bits per heavy atom.